The van der Waals surface area contributed by atoms with Crippen LogP contribution in [0, 0.1) is 5.82 Å². The number of hydrogen-bond donors (Lipinski definition) is 4. The summed E-state index contributed by atoms with van der Waals surface area (Å²) >= 11 is 0. The molecule has 2 fully saturated rings. The van der Waals surface area contributed by atoms with Crippen molar-refractivity contribution in [3.05, 3.63) is 41.8 Å². The molecule has 1 aromatic carbocycles. The van der Waals surface area contributed by atoms with Crippen LogP contribution in [0.4, 0.5) is 15.1 Å². The second-order valence-corrected chi connectivity index (χ2v) is 8.31. The molecule has 4 N–H and O–H groups in total. The van der Waals surface area contributed by atoms with Gasteiger partial charge in [-0.1, -0.05) is 12.1 Å². The molecule has 1 aromatic heterocycles. The number of hydrogen-bond acceptors (Lipinski definition) is 6. The molecular formula is C22H26FN5O4. The molecule has 1 saturated heterocycles. The monoisotopic (exact) mass is 443 g/mol. The Morgan fingerprint density at radius 3 is 2.56 bits per heavy atom. The lowest BCUT2D eigenvalue weighted by Crippen LogP contribution is -2.39. The number of aliphatic hydroxyl groups excluding tert-OH is 1. The number of nitrogens with one attached hydrogen (secondary N) is 2. The predicted molar refractivity (Wildman–Crippen MR) is 115 cm³/mol. The normalized spacial score (nSPS) is 23.1. The van der Waals surface area contributed by atoms with Crippen LogP contribution in [-0.2, 0) is 0 Å². The van der Waals surface area contributed by atoms with Gasteiger partial charge in [0.1, 0.15) is 5.69 Å². The van der Waals surface area contributed by atoms with E-state index < -0.39 is 18.0 Å². The Bertz CT molecular complexity index is 996. The number of nitrogens with zero attached hydrogens (tertiary/aromatic N) is 3. The van der Waals surface area contributed by atoms with Gasteiger partial charge in [0.05, 0.1) is 12.3 Å². The van der Waals surface area contributed by atoms with Crippen LogP contribution in [0.1, 0.15) is 42.5 Å². The SMILES string of the molecule is O=C(O)NC1CCC(Nc2ncc(F)c(-c3cccc(C(=O)N4CC[C@H](O)C4)c3)n2)CC1. The molecule has 2 aliphatic rings. The number of carbonyl (C=O) groups is 2. The van der Waals surface area contributed by atoms with Crippen LogP contribution in [0.3, 0.4) is 0 Å². The quantitative estimate of drug-likeness (QED) is 0.559. The molecule has 32 heavy (non-hydrogen) atoms. The number of rotatable bonds is 5. The Kier molecular flexibility index (Phi) is 6.50. The highest BCUT2D eigenvalue weighted by molar-refractivity contribution is 5.95. The molecule has 2 amide bonds. The molecular weight excluding hydrogens is 417 g/mol. The topological polar surface area (TPSA) is 128 Å². The van der Waals surface area contributed by atoms with Gasteiger partial charge in [0.25, 0.3) is 5.91 Å². The molecule has 1 aliphatic heterocycles. The summed E-state index contributed by atoms with van der Waals surface area (Å²) < 4.78 is 14.5. The number of anilines is 1. The minimum absolute atomic E-state index is 0.0627. The lowest BCUT2D eigenvalue weighted by Gasteiger charge is -2.28. The van der Waals surface area contributed by atoms with Crippen LogP contribution < -0.4 is 10.6 Å². The summed E-state index contributed by atoms with van der Waals surface area (Å²) in [6.45, 7) is 0.785. The van der Waals surface area contributed by atoms with E-state index in [9.17, 15) is 19.1 Å². The third kappa shape index (κ3) is 5.13. The number of halogens is 1. The zero-order valence-corrected chi connectivity index (χ0v) is 17.5. The van der Waals surface area contributed by atoms with Gasteiger partial charge in [-0.05, 0) is 44.2 Å². The Balaban J connectivity index is 1.46. The fraction of sp³-hybridized carbons (Fsp3) is 0.455. The van der Waals surface area contributed by atoms with Crippen LogP contribution >= 0.6 is 0 Å². The molecule has 170 valence electrons. The van der Waals surface area contributed by atoms with Crippen molar-refractivity contribution in [2.45, 2.75) is 50.3 Å². The van der Waals surface area contributed by atoms with Crippen molar-refractivity contribution in [1.82, 2.24) is 20.2 Å². The van der Waals surface area contributed by atoms with Crippen LogP contribution in [0.25, 0.3) is 11.3 Å². The van der Waals surface area contributed by atoms with E-state index in [4.69, 9.17) is 5.11 Å². The summed E-state index contributed by atoms with van der Waals surface area (Å²) in [7, 11) is 0. The lowest BCUT2D eigenvalue weighted by molar-refractivity contribution is 0.0765. The summed E-state index contributed by atoms with van der Waals surface area (Å²) in [5.41, 5.74) is 0.973. The number of likely N-dealkylation sites (tertiary alicyclic amines) is 1. The number of aliphatic hydroxyl groups is 1. The zero-order chi connectivity index (χ0) is 22.7. The molecule has 0 unspecified atom stereocenters. The van der Waals surface area contributed by atoms with Crippen LogP contribution in [0.2, 0.25) is 0 Å². The summed E-state index contributed by atoms with van der Waals surface area (Å²) in [6, 6.07) is 6.64. The molecule has 1 aliphatic carbocycles. The van der Waals surface area contributed by atoms with E-state index in [1.165, 1.54) is 0 Å². The fourth-order valence-electron chi connectivity index (χ4n) is 4.29. The van der Waals surface area contributed by atoms with E-state index in [-0.39, 0.29) is 29.6 Å². The van der Waals surface area contributed by atoms with Crippen molar-refractivity contribution in [2.75, 3.05) is 18.4 Å². The largest absolute Gasteiger partial charge is 0.465 e. The third-order valence-electron chi connectivity index (χ3n) is 5.97. The number of β-amino-alcohol motifs (C(OH)–C–C–N with tert-alkyl or cyclic N) is 1. The highest BCUT2D eigenvalue weighted by Gasteiger charge is 2.26. The molecule has 0 spiro atoms. The molecule has 0 radical (unpaired) electrons. The van der Waals surface area contributed by atoms with Crippen molar-refractivity contribution in [3.8, 4) is 11.3 Å². The van der Waals surface area contributed by atoms with Crippen molar-refractivity contribution < 1.29 is 24.2 Å². The van der Waals surface area contributed by atoms with Gasteiger partial charge < -0.3 is 25.7 Å². The molecule has 2 aromatic rings. The number of aromatic nitrogens is 2. The summed E-state index contributed by atoms with van der Waals surface area (Å²) in [5.74, 6) is -0.510. The Morgan fingerprint density at radius 2 is 1.88 bits per heavy atom. The zero-order valence-electron chi connectivity index (χ0n) is 17.5. The first kappa shape index (κ1) is 21.9. The first-order valence-corrected chi connectivity index (χ1v) is 10.8. The molecule has 10 heteroatoms. The van der Waals surface area contributed by atoms with E-state index in [1.807, 2.05) is 0 Å². The number of amides is 2. The third-order valence-corrected chi connectivity index (χ3v) is 5.97. The minimum Gasteiger partial charge on any atom is -0.465 e. The number of carboxylic acid groups (broad SMARTS) is 1. The summed E-state index contributed by atoms with van der Waals surface area (Å²) in [6.07, 6.45) is 3.02. The maximum absolute atomic E-state index is 14.5. The average molecular weight is 443 g/mol. The number of carbonyl (C=O) groups excluding carboxylic acids is 1. The maximum atomic E-state index is 14.5. The van der Waals surface area contributed by atoms with Crippen LogP contribution in [0.5, 0.6) is 0 Å². The van der Waals surface area contributed by atoms with E-state index >= 15 is 0 Å². The minimum atomic E-state index is -1.02. The standard InChI is InChI=1S/C22H26FN5O4/c23-18-11-24-21(25-15-4-6-16(7-5-15)26-22(31)32)27-19(18)13-2-1-3-14(10-13)20(30)28-9-8-17(29)12-28/h1-3,10-11,15-17,26,29H,4-9,12H2,(H,31,32)(H,24,25,27)/t15?,16?,17-/m0/s1. The Morgan fingerprint density at radius 1 is 1.12 bits per heavy atom. The lowest BCUT2D eigenvalue weighted by atomic mass is 9.91. The van der Waals surface area contributed by atoms with Gasteiger partial charge in [0.15, 0.2) is 5.82 Å². The summed E-state index contributed by atoms with van der Waals surface area (Å²) in [5, 5.41) is 24.2. The van der Waals surface area contributed by atoms with Crippen LogP contribution in [-0.4, -0.2) is 68.4 Å². The molecule has 9 nitrogen and oxygen atoms in total. The van der Waals surface area contributed by atoms with E-state index in [0.29, 0.717) is 43.5 Å². The summed E-state index contributed by atoms with van der Waals surface area (Å²) in [4.78, 5) is 33.5. The highest BCUT2D eigenvalue weighted by Crippen LogP contribution is 2.26. The fourth-order valence-corrected chi connectivity index (χ4v) is 4.29. The predicted octanol–water partition coefficient (Wildman–Crippen LogP) is 2.48. The van der Waals surface area contributed by atoms with Crippen LogP contribution in [0.15, 0.2) is 30.5 Å². The van der Waals surface area contributed by atoms with Gasteiger partial charge in [-0.25, -0.2) is 19.2 Å². The van der Waals surface area contributed by atoms with Gasteiger partial charge in [-0.2, -0.15) is 0 Å². The molecule has 0 bridgehead atoms. The second-order valence-electron chi connectivity index (χ2n) is 8.31. The van der Waals surface area contributed by atoms with E-state index in [1.54, 1.807) is 29.2 Å². The van der Waals surface area contributed by atoms with Crippen molar-refractivity contribution in [1.29, 1.82) is 0 Å². The van der Waals surface area contributed by atoms with Gasteiger partial charge in [-0.15, -0.1) is 0 Å². The van der Waals surface area contributed by atoms with Gasteiger partial charge in [0.2, 0.25) is 5.95 Å². The Hall–Kier alpha value is -3.27. The molecule has 1 saturated carbocycles. The molecule has 2 heterocycles. The maximum Gasteiger partial charge on any atom is 0.404 e. The van der Waals surface area contributed by atoms with E-state index in [0.717, 1.165) is 19.0 Å². The van der Waals surface area contributed by atoms with Crippen molar-refractivity contribution >= 4 is 17.9 Å². The second kappa shape index (κ2) is 9.47. The van der Waals surface area contributed by atoms with Crippen molar-refractivity contribution in [3.63, 3.8) is 0 Å². The van der Waals surface area contributed by atoms with Crippen molar-refractivity contribution in [2.24, 2.45) is 0 Å². The molecule has 4 rings (SSSR count). The van der Waals surface area contributed by atoms with Gasteiger partial charge >= 0.3 is 6.09 Å². The first-order valence-electron chi connectivity index (χ1n) is 10.8. The number of benzene rings is 1. The first-order chi connectivity index (χ1) is 15.4. The van der Waals surface area contributed by atoms with Gasteiger partial charge in [0, 0.05) is 36.3 Å². The van der Waals surface area contributed by atoms with E-state index in [2.05, 4.69) is 20.6 Å². The smallest absolute Gasteiger partial charge is 0.404 e. The molecule has 1 atom stereocenters. The average Bonchev–Trinajstić information content (AvgIpc) is 3.22. The Labute approximate surface area is 184 Å². The highest BCUT2D eigenvalue weighted by atomic mass is 19.1. The van der Waals surface area contributed by atoms with Gasteiger partial charge in [-0.3, -0.25) is 4.79 Å².